The van der Waals surface area contributed by atoms with Gasteiger partial charge in [0, 0.05) is 12.2 Å². The molecule has 0 fully saturated rings. The van der Waals surface area contributed by atoms with Gasteiger partial charge in [0.1, 0.15) is 0 Å². The highest BCUT2D eigenvalue weighted by Crippen LogP contribution is 2.27. The second-order valence-corrected chi connectivity index (χ2v) is 5.30. The van der Waals surface area contributed by atoms with Gasteiger partial charge >= 0.3 is 0 Å². The van der Waals surface area contributed by atoms with E-state index in [-0.39, 0.29) is 4.90 Å². The van der Waals surface area contributed by atoms with Gasteiger partial charge in [-0.1, -0.05) is 0 Å². The minimum Gasteiger partial charge on any atom is -0.315 e. The first-order valence-electron chi connectivity index (χ1n) is 4.90. The molecule has 0 unspecified atom stereocenters. The van der Waals surface area contributed by atoms with Crippen molar-refractivity contribution in [3.05, 3.63) is 23.8 Å². The van der Waals surface area contributed by atoms with E-state index in [1.165, 1.54) is 6.07 Å². The van der Waals surface area contributed by atoms with Gasteiger partial charge in [-0.15, -0.1) is 0 Å². The van der Waals surface area contributed by atoms with E-state index in [0.29, 0.717) is 6.54 Å². The highest BCUT2D eigenvalue weighted by molar-refractivity contribution is 7.89. The van der Waals surface area contributed by atoms with Gasteiger partial charge in [0.25, 0.3) is 0 Å². The van der Waals surface area contributed by atoms with Crippen LogP contribution in [-0.2, 0) is 21.2 Å². The number of amides is 1. The van der Waals surface area contributed by atoms with Crippen molar-refractivity contribution in [1.82, 2.24) is 0 Å². The normalized spacial score (nSPS) is 15.7. The lowest BCUT2D eigenvalue weighted by molar-refractivity contribution is -0.107. The number of aryl methyl sites for hydroxylation is 1. The molecule has 1 aromatic carbocycles. The average molecular weight is 240 g/mol. The third-order valence-electron chi connectivity index (χ3n) is 2.66. The molecule has 2 rings (SSSR count). The Bertz CT molecular complexity index is 525. The molecule has 5 nitrogen and oxygen atoms in total. The SMILES string of the molecule is NS(=O)(=O)c1ccc2c(c1)CCCN2C=O. The number of hydrogen-bond acceptors (Lipinski definition) is 3. The van der Waals surface area contributed by atoms with Gasteiger partial charge in [-0.3, -0.25) is 4.79 Å². The number of nitrogens with two attached hydrogens (primary N) is 1. The van der Waals surface area contributed by atoms with Crippen LogP contribution in [0.2, 0.25) is 0 Å². The number of benzene rings is 1. The highest BCUT2D eigenvalue weighted by atomic mass is 32.2. The quantitative estimate of drug-likeness (QED) is 0.752. The largest absolute Gasteiger partial charge is 0.315 e. The molecule has 1 aromatic rings. The van der Waals surface area contributed by atoms with Crippen LogP contribution in [0, 0.1) is 0 Å². The van der Waals surface area contributed by atoms with Gasteiger partial charge in [-0.05, 0) is 36.6 Å². The summed E-state index contributed by atoms with van der Waals surface area (Å²) in [6, 6.07) is 4.60. The first-order chi connectivity index (χ1) is 7.52. The second-order valence-electron chi connectivity index (χ2n) is 3.74. The topological polar surface area (TPSA) is 80.5 Å². The molecule has 6 heteroatoms. The predicted octanol–water partition coefficient (Wildman–Crippen LogP) is 0.243. The molecule has 86 valence electrons. The number of rotatable bonds is 2. The van der Waals surface area contributed by atoms with E-state index >= 15 is 0 Å². The Labute approximate surface area is 93.9 Å². The molecule has 0 aromatic heterocycles. The fourth-order valence-corrected chi connectivity index (χ4v) is 2.45. The van der Waals surface area contributed by atoms with Crippen molar-refractivity contribution < 1.29 is 13.2 Å². The average Bonchev–Trinajstić information content (AvgIpc) is 2.26. The molecule has 0 atom stereocenters. The number of primary sulfonamides is 1. The fraction of sp³-hybridized carbons (Fsp3) is 0.300. The Morgan fingerprint density at radius 3 is 2.75 bits per heavy atom. The summed E-state index contributed by atoms with van der Waals surface area (Å²) in [4.78, 5) is 12.5. The van der Waals surface area contributed by atoms with Crippen LogP contribution in [0.15, 0.2) is 23.1 Å². The molecule has 0 saturated heterocycles. The van der Waals surface area contributed by atoms with Gasteiger partial charge in [-0.25, -0.2) is 13.6 Å². The van der Waals surface area contributed by atoms with Gasteiger partial charge in [0.15, 0.2) is 0 Å². The predicted molar refractivity (Wildman–Crippen MR) is 59.5 cm³/mol. The van der Waals surface area contributed by atoms with Crippen molar-refractivity contribution >= 4 is 22.1 Å². The summed E-state index contributed by atoms with van der Waals surface area (Å²) in [5.74, 6) is 0. The van der Waals surface area contributed by atoms with E-state index in [1.807, 2.05) is 0 Å². The molecular weight excluding hydrogens is 228 g/mol. The number of fused-ring (bicyclic) bond motifs is 1. The summed E-state index contributed by atoms with van der Waals surface area (Å²) in [5.41, 5.74) is 1.62. The molecule has 16 heavy (non-hydrogen) atoms. The van der Waals surface area contributed by atoms with Crippen LogP contribution in [0.4, 0.5) is 5.69 Å². The molecule has 2 N–H and O–H groups in total. The molecule has 0 spiro atoms. The summed E-state index contributed by atoms with van der Waals surface area (Å²) in [7, 11) is -3.67. The number of hydrogen-bond donors (Lipinski definition) is 1. The van der Waals surface area contributed by atoms with Crippen molar-refractivity contribution in [3.63, 3.8) is 0 Å². The van der Waals surface area contributed by atoms with E-state index in [2.05, 4.69) is 0 Å². The lowest BCUT2D eigenvalue weighted by Crippen LogP contribution is -2.28. The number of nitrogens with zero attached hydrogens (tertiary/aromatic N) is 1. The maximum absolute atomic E-state index is 11.2. The number of carbonyl (C=O) groups excluding carboxylic acids is 1. The molecule has 1 aliphatic heterocycles. The van der Waals surface area contributed by atoms with Gasteiger partial charge in [0.05, 0.1) is 4.90 Å². The Morgan fingerprint density at radius 1 is 1.38 bits per heavy atom. The second kappa shape index (κ2) is 3.88. The number of sulfonamides is 1. The summed E-state index contributed by atoms with van der Waals surface area (Å²) in [5, 5.41) is 5.05. The van der Waals surface area contributed by atoms with Crippen LogP contribution in [0.3, 0.4) is 0 Å². The molecule has 0 radical (unpaired) electrons. The molecule has 0 aliphatic carbocycles. The first-order valence-corrected chi connectivity index (χ1v) is 6.44. The third-order valence-corrected chi connectivity index (χ3v) is 3.57. The molecular formula is C10H12N2O3S. The van der Waals surface area contributed by atoms with Crippen molar-refractivity contribution in [2.45, 2.75) is 17.7 Å². The number of carbonyl (C=O) groups is 1. The summed E-state index contributed by atoms with van der Waals surface area (Å²) >= 11 is 0. The van der Waals surface area contributed by atoms with Crippen molar-refractivity contribution in [2.75, 3.05) is 11.4 Å². The van der Waals surface area contributed by atoms with Crippen LogP contribution in [0.5, 0.6) is 0 Å². The smallest absolute Gasteiger partial charge is 0.238 e. The molecule has 0 bridgehead atoms. The molecule has 1 amide bonds. The Morgan fingerprint density at radius 2 is 2.12 bits per heavy atom. The number of anilines is 1. The van der Waals surface area contributed by atoms with Crippen molar-refractivity contribution in [1.29, 1.82) is 0 Å². The first kappa shape index (κ1) is 11.1. The highest BCUT2D eigenvalue weighted by Gasteiger charge is 2.18. The Balaban J connectivity index is 2.51. The maximum atomic E-state index is 11.2. The zero-order valence-electron chi connectivity index (χ0n) is 8.59. The third kappa shape index (κ3) is 1.94. The van der Waals surface area contributed by atoms with Crippen LogP contribution >= 0.6 is 0 Å². The Kier molecular flexibility index (Phi) is 2.69. The summed E-state index contributed by atoms with van der Waals surface area (Å²) < 4.78 is 22.3. The van der Waals surface area contributed by atoms with Crippen molar-refractivity contribution in [2.24, 2.45) is 5.14 Å². The van der Waals surface area contributed by atoms with Crippen molar-refractivity contribution in [3.8, 4) is 0 Å². The minimum atomic E-state index is -3.67. The summed E-state index contributed by atoms with van der Waals surface area (Å²) in [6.45, 7) is 0.672. The zero-order valence-corrected chi connectivity index (χ0v) is 9.40. The zero-order chi connectivity index (χ0) is 11.8. The van der Waals surface area contributed by atoms with E-state index in [0.717, 1.165) is 30.5 Å². The van der Waals surface area contributed by atoms with E-state index in [9.17, 15) is 13.2 Å². The lowest BCUT2D eigenvalue weighted by Gasteiger charge is -2.26. The van der Waals surface area contributed by atoms with E-state index < -0.39 is 10.0 Å². The van der Waals surface area contributed by atoms with Crippen LogP contribution in [0.1, 0.15) is 12.0 Å². The van der Waals surface area contributed by atoms with Crippen LogP contribution in [-0.4, -0.2) is 21.4 Å². The monoisotopic (exact) mass is 240 g/mol. The van der Waals surface area contributed by atoms with Crippen LogP contribution in [0.25, 0.3) is 0 Å². The maximum Gasteiger partial charge on any atom is 0.238 e. The van der Waals surface area contributed by atoms with E-state index in [4.69, 9.17) is 5.14 Å². The standard InChI is InChI=1S/C10H12N2O3S/c11-16(14,15)9-3-4-10-8(6-9)2-1-5-12(10)7-13/h3-4,6-7H,1-2,5H2,(H2,11,14,15). The summed E-state index contributed by atoms with van der Waals surface area (Å²) in [6.07, 6.45) is 2.36. The van der Waals surface area contributed by atoms with Gasteiger partial charge in [-0.2, -0.15) is 0 Å². The molecule has 0 saturated carbocycles. The lowest BCUT2D eigenvalue weighted by atomic mass is 10.0. The van der Waals surface area contributed by atoms with E-state index in [1.54, 1.807) is 17.0 Å². The minimum absolute atomic E-state index is 0.0963. The fourth-order valence-electron chi connectivity index (χ4n) is 1.89. The molecule has 1 aliphatic rings. The Hall–Kier alpha value is -1.40. The van der Waals surface area contributed by atoms with Gasteiger partial charge in [0.2, 0.25) is 16.4 Å². The van der Waals surface area contributed by atoms with Gasteiger partial charge < -0.3 is 4.90 Å². The van der Waals surface area contributed by atoms with Crippen LogP contribution < -0.4 is 10.0 Å². The molecule has 1 heterocycles.